The molecule has 3 N–H and O–H groups in total. The molecule has 5 nitrogen and oxygen atoms in total. The lowest BCUT2D eigenvalue weighted by atomic mass is 9.93. The molecule has 0 radical (unpaired) electrons. The van der Waals surface area contributed by atoms with Gasteiger partial charge in [-0.1, -0.05) is 37.0 Å². The number of carboxylic acid groups (broad SMARTS) is 1. The van der Waals surface area contributed by atoms with Crippen LogP contribution in [-0.4, -0.2) is 29.1 Å². The van der Waals surface area contributed by atoms with E-state index < -0.39 is 11.5 Å². The number of rotatable bonds is 7. The molecule has 0 fully saturated rings. The van der Waals surface area contributed by atoms with Crippen molar-refractivity contribution in [1.29, 1.82) is 0 Å². The molecule has 1 amide bonds. The Morgan fingerprint density at radius 1 is 1.24 bits per heavy atom. The van der Waals surface area contributed by atoms with E-state index in [0.29, 0.717) is 28.6 Å². The molecular formula is C14H18Cl2N2O3. The van der Waals surface area contributed by atoms with Gasteiger partial charge in [-0.05, 0) is 31.0 Å². The second kappa shape index (κ2) is 7.64. The first-order chi connectivity index (χ1) is 9.84. The van der Waals surface area contributed by atoms with Gasteiger partial charge in [-0.2, -0.15) is 0 Å². The first-order valence-electron chi connectivity index (χ1n) is 6.58. The molecule has 0 saturated carbocycles. The Morgan fingerprint density at radius 2 is 1.86 bits per heavy atom. The maximum absolute atomic E-state index is 11.9. The average Bonchev–Trinajstić information content (AvgIpc) is 2.44. The number of amides is 1. The van der Waals surface area contributed by atoms with Crippen LogP contribution in [-0.2, 0) is 9.59 Å². The van der Waals surface area contributed by atoms with E-state index in [1.165, 1.54) is 6.07 Å². The highest BCUT2D eigenvalue weighted by atomic mass is 35.5. The van der Waals surface area contributed by atoms with E-state index in [1.807, 2.05) is 0 Å². The fourth-order valence-electron chi connectivity index (χ4n) is 1.92. The van der Waals surface area contributed by atoms with Gasteiger partial charge >= 0.3 is 5.97 Å². The number of nitrogens with one attached hydrogen (secondary N) is 2. The van der Waals surface area contributed by atoms with Crippen LogP contribution in [0.4, 0.5) is 5.69 Å². The number of hydrogen-bond acceptors (Lipinski definition) is 3. The molecule has 0 aliphatic heterocycles. The SMILES string of the molecule is CCC(CC)(NCC(=O)Nc1cc(Cl)ccc1Cl)C(=O)O. The maximum atomic E-state index is 11.9. The summed E-state index contributed by atoms with van der Waals surface area (Å²) < 4.78 is 0. The lowest BCUT2D eigenvalue weighted by Crippen LogP contribution is -2.53. The fourth-order valence-corrected chi connectivity index (χ4v) is 2.25. The molecule has 0 aliphatic rings. The molecule has 0 aliphatic carbocycles. The summed E-state index contributed by atoms with van der Waals surface area (Å²) in [6.45, 7) is 3.39. The number of benzene rings is 1. The van der Waals surface area contributed by atoms with Gasteiger partial charge in [0.15, 0.2) is 0 Å². The van der Waals surface area contributed by atoms with E-state index >= 15 is 0 Å². The summed E-state index contributed by atoms with van der Waals surface area (Å²) in [5, 5.41) is 15.5. The molecule has 0 atom stereocenters. The minimum Gasteiger partial charge on any atom is -0.480 e. The number of carboxylic acids is 1. The molecule has 0 aromatic heterocycles. The Morgan fingerprint density at radius 3 is 2.38 bits per heavy atom. The van der Waals surface area contributed by atoms with Gasteiger partial charge in [-0.15, -0.1) is 0 Å². The minimum absolute atomic E-state index is 0.128. The van der Waals surface area contributed by atoms with E-state index in [1.54, 1.807) is 26.0 Å². The normalized spacial score (nSPS) is 11.2. The Hall–Kier alpha value is -1.30. The summed E-state index contributed by atoms with van der Waals surface area (Å²) in [4.78, 5) is 23.2. The molecule has 0 saturated heterocycles. The van der Waals surface area contributed by atoms with Crippen molar-refractivity contribution >= 4 is 40.8 Å². The van der Waals surface area contributed by atoms with Crippen molar-refractivity contribution in [3.63, 3.8) is 0 Å². The van der Waals surface area contributed by atoms with E-state index in [4.69, 9.17) is 23.2 Å². The van der Waals surface area contributed by atoms with Crippen LogP contribution in [0.5, 0.6) is 0 Å². The molecule has 0 spiro atoms. The molecule has 7 heteroatoms. The lowest BCUT2D eigenvalue weighted by Gasteiger charge is -2.27. The molecule has 116 valence electrons. The monoisotopic (exact) mass is 332 g/mol. The summed E-state index contributed by atoms with van der Waals surface area (Å²) in [6.07, 6.45) is 0.758. The van der Waals surface area contributed by atoms with Crippen LogP contribution in [0.3, 0.4) is 0 Å². The van der Waals surface area contributed by atoms with Crippen molar-refractivity contribution in [1.82, 2.24) is 5.32 Å². The maximum Gasteiger partial charge on any atom is 0.323 e. The standard InChI is InChI=1S/C14H18Cl2N2O3/c1-3-14(4-2,13(20)21)17-8-12(19)18-11-7-9(15)5-6-10(11)16/h5-7,17H,3-4,8H2,1-2H3,(H,18,19)(H,20,21). The quantitative estimate of drug-likeness (QED) is 0.716. The van der Waals surface area contributed by atoms with E-state index in [-0.39, 0.29) is 12.5 Å². The predicted molar refractivity (Wildman–Crippen MR) is 84.0 cm³/mol. The number of anilines is 1. The summed E-state index contributed by atoms with van der Waals surface area (Å²) in [7, 11) is 0. The number of carbonyl (C=O) groups excluding carboxylic acids is 1. The molecule has 21 heavy (non-hydrogen) atoms. The van der Waals surface area contributed by atoms with Crippen LogP contribution < -0.4 is 10.6 Å². The third kappa shape index (κ3) is 4.59. The summed E-state index contributed by atoms with van der Waals surface area (Å²) in [5.41, 5.74) is -0.708. The van der Waals surface area contributed by atoms with E-state index in [0.717, 1.165) is 0 Å². The molecule has 0 heterocycles. The third-order valence-electron chi connectivity index (χ3n) is 3.41. The van der Waals surface area contributed by atoms with Gasteiger partial charge in [-0.3, -0.25) is 14.9 Å². The van der Waals surface area contributed by atoms with Gasteiger partial charge in [0.05, 0.1) is 17.3 Å². The smallest absolute Gasteiger partial charge is 0.323 e. The van der Waals surface area contributed by atoms with Crippen LogP contribution >= 0.6 is 23.2 Å². The third-order valence-corrected chi connectivity index (χ3v) is 3.97. The lowest BCUT2D eigenvalue weighted by molar-refractivity contribution is -0.145. The van der Waals surface area contributed by atoms with Gasteiger partial charge in [-0.25, -0.2) is 0 Å². The Kier molecular flexibility index (Phi) is 6.45. The van der Waals surface area contributed by atoms with Crippen LogP contribution in [0.25, 0.3) is 0 Å². The Bertz CT molecular complexity index is 531. The number of carbonyl (C=O) groups is 2. The average molecular weight is 333 g/mol. The number of hydrogen-bond donors (Lipinski definition) is 3. The van der Waals surface area contributed by atoms with Crippen molar-refractivity contribution < 1.29 is 14.7 Å². The van der Waals surface area contributed by atoms with Crippen LogP contribution in [0.15, 0.2) is 18.2 Å². The topological polar surface area (TPSA) is 78.4 Å². The van der Waals surface area contributed by atoms with Crippen molar-refractivity contribution in [3.8, 4) is 0 Å². The van der Waals surface area contributed by atoms with Crippen molar-refractivity contribution in [2.45, 2.75) is 32.2 Å². The zero-order valence-corrected chi connectivity index (χ0v) is 13.4. The number of aliphatic carboxylic acids is 1. The molecule has 0 unspecified atom stereocenters. The number of halogens is 2. The molecular weight excluding hydrogens is 315 g/mol. The second-order valence-electron chi connectivity index (χ2n) is 4.62. The Labute approximate surface area is 133 Å². The first-order valence-corrected chi connectivity index (χ1v) is 7.33. The highest BCUT2D eigenvalue weighted by Gasteiger charge is 2.34. The predicted octanol–water partition coefficient (Wildman–Crippen LogP) is 3.16. The Balaban J connectivity index is 2.70. The fraction of sp³-hybridized carbons (Fsp3) is 0.429. The van der Waals surface area contributed by atoms with Crippen molar-refractivity contribution in [2.75, 3.05) is 11.9 Å². The van der Waals surface area contributed by atoms with Gasteiger partial charge < -0.3 is 10.4 Å². The second-order valence-corrected chi connectivity index (χ2v) is 5.46. The van der Waals surface area contributed by atoms with Crippen LogP contribution in [0.1, 0.15) is 26.7 Å². The molecule has 1 rings (SSSR count). The van der Waals surface area contributed by atoms with Crippen LogP contribution in [0.2, 0.25) is 10.0 Å². The van der Waals surface area contributed by atoms with Gasteiger partial charge in [0.1, 0.15) is 5.54 Å². The van der Waals surface area contributed by atoms with Gasteiger partial charge in [0.25, 0.3) is 0 Å². The van der Waals surface area contributed by atoms with Crippen molar-refractivity contribution in [3.05, 3.63) is 28.2 Å². The summed E-state index contributed by atoms with van der Waals surface area (Å²) in [5.74, 6) is -1.35. The van der Waals surface area contributed by atoms with E-state index in [2.05, 4.69) is 10.6 Å². The highest BCUT2D eigenvalue weighted by molar-refractivity contribution is 6.35. The highest BCUT2D eigenvalue weighted by Crippen LogP contribution is 2.25. The van der Waals surface area contributed by atoms with Crippen molar-refractivity contribution in [2.24, 2.45) is 0 Å². The molecule has 0 bridgehead atoms. The molecule has 1 aromatic rings. The van der Waals surface area contributed by atoms with Gasteiger partial charge in [0, 0.05) is 5.02 Å². The zero-order chi connectivity index (χ0) is 16.0. The summed E-state index contributed by atoms with van der Waals surface area (Å²) >= 11 is 11.8. The zero-order valence-electron chi connectivity index (χ0n) is 11.9. The van der Waals surface area contributed by atoms with Gasteiger partial charge in [0.2, 0.25) is 5.91 Å². The first kappa shape index (κ1) is 17.8. The van der Waals surface area contributed by atoms with E-state index in [9.17, 15) is 14.7 Å². The minimum atomic E-state index is -1.10. The largest absolute Gasteiger partial charge is 0.480 e. The molecule has 1 aromatic carbocycles. The summed E-state index contributed by atoms with van der Waals surface area (Å²) in [6, 6.07) is 4.72. The van der Waals surface area contributed by atoms with Crippen LogP contribution in [0, 0.1) is 0 Å².